The molecule has 5 heteroatoms. The van der Waals surface area contributed by atoms with E-state index in [-0.39, 0.29) is 5.91 Å². The van der Waals surface area contributed by atoms with Crippen LogP contribution >= 0.6 is 11.6 Å². The summed E-state index contributed by atoms with van der Waals surface area (Å²) in [5.74, 6) is 1.40. The van der Waals surface area contributed by atoms with Crippen molar-refractivity contribution in [3.63, 3.8) is 0 Å². The maximum Gasteiger partial charge on any atom is 0.253 e. The Kier molecular flexibility index (Phi) is 5.37. The van der Waals surface area contributed by atoms with Gasteiger partial charge in [0.15, 0.2) is 0 Å². The Labute approximate surface area is 165 Å². The molecule has 1 amide bonds. The lowest BCUT2D eigenvalue weighted by molar-refractivity contribution is 0.0780. The number of nitrogens with zero attached hydrogens (tertiary/aromatic N) is 2. The minimum Gasteiger partial charge on any atom is -0.456 e. The number of hydrogen-bond donors (Lipinski definition) is 0. The molecule has 4 rings (SSSR count). The van der Waals surface area contributed by atoms with Gasteiger partial charge in [0.25, 0.3) is 5.91 Å². The summed E-state index contributed by atoms with van der Waals surface area (Å²) in [7, 11) is 0. The third-order valence-corrected chi connectivity index (χ3v) is 5.82. The molecule has 2 aliphatic heterocycles. The number of aryl methyl sites for hydroxylation is 1. The Morgan fingerprint density at radius 3 is 2.52 bits per heavy atom. The van der Waals surface area contributed by atoms with Crippen LogP contribution in [-0.4, -0.2) is 47.9 Å². The highest BCUT2D eigenvalue weighted by molar-refractivity contribution is 6.32. The molecule has 1 unspecified atom stereocenters. The molecule has 2 heterocycles. The summed E-state index contributed by atoms with van der Waals surface area (Å²) in [6.07, 6.45) is 3.66. The van der Waals surface area contributed by atoms with Gasteiger partial charge in [-0.25, -0.2) is 0 Å². The van der Waals surface area contributed by atoms with Crippen molar-refractivity contribution in [1.82, 2.24) is 9.80 Å². The van der Waals surface area contributed by atoms with Crippen molar-refractivity contribution in [2.45, 2.75) is 32.2 Å². The molecule has 0 spiro atoms. The standard InChI is InChI=1S/C22H25ClN2O2/c1-16-4-9-21(20(23)14-16)27-19-7-5-17(6-8-19)22(26)25-13-10-18(15-25)24-11-2-3-12-24/h4-9,14,18H,2-3,10-13,15H2,1H3. The summed E-state index contributed by atoms with van der Waals surface area (Å²) < 4.78 is 5.85. The van der Waals surface area contributed by atoms with Crippen molar-refractivity contribution in [3.05, 3.63) is 58.6 Å². The van der Waals surface area contributed by atoms with Crippen LogP contribution in [0.5, 0.6) is 11.5 Å². The van der Waals surface area contributed by atoms with E-state index >= 15 is 0 Å². The Morgan fingerprint density at radius 2 is 1.81 bits per heavy atom. The number of carbonyl (C=O) groups excluding carboxylic acids is 1. The van der Waals surface area contributed by atoms with Crippen molar-refractivity contribution >= 4 is 17.5 Å². The summed E-state index contributed by atoms with van der Waals surface area (Å²) in [4.78, 5) is 17.3. The van der Waals surface area contributed by atoms with Gasteiger partial charge >= 0.3 is 0 Å². The van der Waals surface area contributed by atoms with Gasteiger partial charge < -0.3 is 9.64 Å². The zero-order chi connectivity index (χ0) is 18.8. The molecule has 0 radical (unpaired) electrons. The van der Waals surface area contributed by atoms with E-state index < -0.39 is 0 Å². The molecule has 27 heavy (non-hydrogen) atoms. The van der Waals surface area contributed by atoms with Crippen LogP contribution in [-0.2, 0) is 0 Å². The molecular weight excluding hydrogens is 360 g/mol. The average molecular weight is 385 g/mol. The van der Waals surface area contributed by atoms with Gasteiger partial charge in [0.2, 0.25) is 0 Å². The number of rotatable bonds is 4. The van der Waals surface area contributed by atoms with E-state index in [1.165, 1.54) is 25.9 Å². The highest BCUT2D eigenvalue weighted by Gasteiger charge is 2.31. The largest absolute Gasteiger partial charge is 0.456 e. The second-order valence-corrected chi connectivity index (χ2v) is 7.90. The second kappa shape index (κ2) is 7.91. The van der Waals surface area contributed by atoms with Crippen LogP contribution in [0.15, 0.2) is 42.5 Å². The predicted octanol–water partition coefficient (Wildman–Crippen LogP) is 4.75. The van der Waals surface area contributed by atoms with Gasteiger partial charge in [-0.3, -0.25) is 9.69 Å². The number of likely N-dealkylation sites (tertiary alicyclic amines) is 2. The minimum absolute atomic E-state index is 0.108. The van der Waals surface area contributed by atoms with Gasteiger partial charge in [-0.1, -0.05) is 17.7 Å². The minimum atomic E-state index is 0.108. The lowest BCUT2D eigenvalue weighted by atomic mass is 10.2. The number of amides is 1. The first kappa shape index (κ1) is 18.3. The topological polar surface area (TPSA) is 32.8 Å². The molecule has 2 saturated heterocycles. The van der Waals surface area contributed by atoms with Crippen molar-refractivity contribution in [2.75, 3.05) is 26.2 Å². The molecule has 0 bridgehead atoms. The van der Waals surface area contributed by atoms with Gasteiger partial charge in [-0.2, -0.15) is 0 Å². The highest BCUT2D eigenvalue weighted by atomic mass is 35.5. The van der Waals surface area contributed by atoms with Crippen LogP contribution in [0.2, 0.25) is 5.02 Å². The van der Waals surface area contributed by atoms with E-state index in [0.29, 0.717) is 28.1 Å². The first-order valence-electron chi connectivity index (χ1n) is 9.67. The lowest BCUT2D eigenvalue weighted by Crippen LogP contribution is -2.37. The number of carbonyl (C=O) groups is 1. The smallest absolute Gasteiger partial charge is 0.253 e. The predicted molar refractivity (Wildman–Crippen MR) is 108 cm³/mol. The van der Waals surface area contributed by atoms with Crippen molar-refractivity contribution in [1.29, 1.82) is 0 Å². The van der Waals surface area contributed by atoms with Crippen LogP contribution in [0.4, 0.5) is 0 Å². The van der Waals surface area contributed by atoms with Crippen LogP contribution in [0.25, 0.3) is 0 Å². The molecular formula is C22H25ClN2O2. The Bertz CT molecular complexity index is 816. The summed E-state index contributed by atoms with van der Waals surface area (Å²) in [5, 5.41) is 0.583. The van der Waals surface area contributed by atoms with Crippen molar-refractivity contribution < 1.29 is 9.53 Å². The van der Waals surface area contributed by atoms with Gasteiger partial charge in [0, 0.05) is 24.7 Å². The van der Waals surface area contributed by atoms with Crippen LogP contribution in [0, 0.1) is 6.92 Å². The summed E-state index contributed by atoms with van der Waals surface area (Å²) in [5.41, 5.74) is 1.80. The quantitative estimate of drug-likeness (QED) is 0.762. The molecule has 0 aliphatic carbocycles. The number of ether oxygens (including phenoxy) is 1. The monoisotopic (exact) mass is 384 g/mol. The van der Waals surface area contributed by atoms with Crippen molar-refractivity contribution in [3.8, 4) is 11.5 Å². The van der Waals surface area contributed by atoms with E-state index in [1.807, 2.05) is 54.3 Å². The molecule has 2 fully saturated rings. The molecule has 2 aliphatic rings. The fourth-order valence-corrected chi connectivity index (χ4v) is 4.27. The van der Waals surface area contributed by atoms with Crippen LogP contribution < -0.4 is 4.74 Å². The third-order valence-electron chi connectivity index (χ3n) is 5.52. The second-order valence-electron chi connectivity index (χ2n) is 7.50. The van der Waals surface area contributed by atoms with E-state index in [9.17, 15) is 4.79 Å². The molecule has 0 saturated carbocycles. The Balaban J connectivity index is 1.39. The number of halogens is 1. The van der Waals surface area contributed by atoms with Gasteiger partial charge in [-0.15, -0.1) is 0 Å². The van der Waals surface area contributed by atoms with E-state index in [0.717, 1.165) is 25.1 Å². The maximum absolute atomic E-state index is 12.8. The van der Waals surface area contributed by atoms with E-state index in [1.54, 1.807) is 0 Å². The van der Waals surface area contributed by atoms with E-state index in [2.05, 4.69) is 4.90 Å². The zero-order valence-corrected chi connectivity index (χ0v) is 16.4. The molecule has 0 aromatic heterocycles. The highest BCUT2D eigenvalue weighted by Crippen LogP contribution is 2.30. The lowest BCUT2D eigenvalue weighted by Gasteiger charge is -2.23. The Hall–Kier alpha value is -2.04. The summed E-state index contributed by atoms with van der Waals surface area (Å²) >= 11 is 6.22. The van der Waals surface area contributed by atoms with Gasteiger partial charge in [-0.05, 0) is 81.2 Å². The molecule has 142 valence electrons. The maximum atomic E-state index is 12.8. The summed E-state index contributed by atoms with van der Waals surface area (Å²) in [6, 6.07) is 13.6. The normalized spacial score (nSPS) is 20.2. The first-order chi connectivity index (χ1) is 13.1. The molecule has 1 atom stereocenters. The Morgan fingerprint density at radius 1 is 1.07 bits per heavy atom. The first-order valence-corrected chi connectivity index (χ1v) is 10.1. The number of benzene rings is 2. The fraction of sp³-hybridized carbons (Fsp3) is 0.409. The van der Waals surface area contributed by atoms with Gasteiger partial charge in [0.05, 0.1) is 5.02 Å². The molecule has 4 nitrogen and oxygen atoms in total. The summed E-state index contributed by atoms with van der Waals surface area (Å²) in [6.45, 7) is 6.04. The molecule has 2 aromatic carbocycles. The third kappa shape index (κ3) is 4.12. The van der Waals surface area contributed by atoms with Crippen LogP contribution in [0.1, 0.15) is 35.2 Å². The van der Waals surface area contributed by atoms with Gasteiger partial charge in [0.1, 0.15) is 11.5 Å². The SMILES string of the molecule is Cc1ccc(Oc2ccc(C(=O)N3CCC(N4CCCC4)C3)cc2)c(Cl)c1. The fourth-order valence-electron chi connectivity index (χ4n) is 3.99. The zero-order valence-electron chi connectivity index (χ0n) is 15.7. The van der Waals surface area contributed by atoms with E-state index in [4.69, 9.17) is 16.3 Å². The van der Waals surface area contributed by atoms with Crippen LogP contribution in [0.3, 0.4) is 0 Å². The molecule has 2 aromatic rings. The molecule has 0 N–H and O–H groups in total. The average Bonchev–Trinajstić information content (AvgIpc) is 3.35. The number of hydrogen-bond acceptors (Lipinski definition) is 3. The van der Waals surface area contributed by atoms with Crippen molar-refractivity contribution in [2.24, 2.45) is 0 Å².